The van der Waals surface area contributed by atoms with Crippen LogP contribution in [0.4, 0.5) is 10.5 Å². The van der Waals surface area contributed by atoms with Gasteiger partial charge in [0.1, 0.15) is 6.04 Å². The van der Waals surface area contributed by atoms with Crippen molar-refractivity contribution >= 4 is 17.7 Å². The summed E-state index contributed by atoms with van der Waals surface area (Å²) in [7, 11) is 2.93. The number of carbonyl (C=O) groups is 2. The predicted octanol–water partition coefficient (Wildman–Crippen LogP) is 1.42. The van der Waals surface area contributed by atoms with Gasteiger partial charge in [0.15, 0.2) is 0 Å². The maximum Gasteiger partial charge on any atom is 0.326 e. The molecule has 104 valence electrons. The summed E-state index contributed by atoms with van der Waals surface area (Å²) in [5, 5.41) is 11.5. The van der Waals surface area contributed by atoms with Crippen LogP contribution in [-0.2, 0) is 4.79 Å². The molecule has 0 aliphatic carbocycles. The molecule has 0 fully saturated rings. The van der Waals surface area contributed by atoms with Gasteiger partial charge in [-0.3, -0.25) is 0 Å². The standard InChI is InChI=1S/C12H17N3O4/c1-4-9(11(16)17)15(2)12(18)14-8-5-6-10(19-3)13-7-8/h5-7,9H,4H2,1-3H3,(H,14,18)(H,16,17). The topological polar surface area (TPSA) is 91.8 Å². The van der Waals surface area contributed by atoms with Gasteiger partial charge in [-0.15, -0.1) is 0 Å². The summed E-state index contributed by atoms with van der Waals surface area (Å²) in [5.74, 6) is -0.601. The fourth-order valence-electron chi connectivity index (χ4n) is 1.54. The minimum absolute atomic E-state index is 0.333. The van der Waals surface area contributed by atoms with Crippen LogP contribution in [0, 0.1) is 0 Å². The highest BCUT2D eigenvalue weighted by Gasteiger charge is 2.24. The van der Waals surface area contributed by atoms with Gasteiger partial charge >= 0.3 is 12.0 Å². The normalized spacial score (nSPS) is 11.5. The van der Waals surface area contributed by atoms with Gasteiger partial charge in [0, 0.05) is 13.1 Å². The lowest BCUT2D eigenvalue weighted by molar-refractivity contribution is -0.141. The van der Waals surface area contributed by atoms with E-state index in [-0.39, 0.29) is 0 Å². The number of hydrogen-bond donors (Lipinski definition) is 2. The molecule has 1 unspecified atom stereocenters. The van der Waals surface area contributed by atoms with Gasteiger partial charge < -0.3 is 20.1 Å². The van der Waals surface area contributed by atoms with Crippen molar-refractivity contribution < 1.29 is 19.4 Å². The van der Waals surface area contributed by atoms with Crippen molar-refractivity contribution in [2.75, 3.05) is 19.5 Å². The fraction of sp³-hybridized carbons (Fsp3) is 0.417. The van der Waals surface area contributed by atoms with E-state index in [2.05, 4.69) is 10.3 Å². The second kappa shape index (κ2) is 6.58. The number of carbonyl (C=O) groups excluding carboxylic acids is 1. The third-order valence-electron chi connectivity index (χ3n) is 2.66. The largest absolute Gasteiger partial charge is 0.481 e. The maximum absolute atomic E-state index is 11.9. The van der Waals surface area contributed by atoms with Crippen molar-refractivity contribution in [3.05, 3.63) is 18.3 Å². The zero-order chi connectivity index (χ0) is 14.4. The molecular formula is C12H17N3O4. The van der Waals surface area contributed by atoms with Crippen LogP contribution in [0.25, 0.3) is 0 Å². The number of aliphatic carboxylic acids is 1. The van der Waals surface area contributed by atoms with Gasteiger partial charge in [-0.2, -0.15) is 0 Å². The molecule has 0 spiro atoms. The molecule has 0 aliphatic heterocycles. The van der Waals surface area contributed by atoms with E-state index >= 15 is 0 Å². The van der Waals surface area contributed by atoms with E-state index in [1.807, 2.05) is 0 Å². The molecule has 1 atom stereocenters. The van der Waals surface area contributed by atoms with Crippen molar-refractivity contribution in [3.63, 3.8) is 0 Å². The number of hydrogen-bond acceptors (Lipinski definition) is 4. The number of ether oxygens (including phenoxy) is 1. The van der Waals surface area contributed by atoms with Crippen molar-refractivity contribution in [1.82, 2.24) is 9.88 Å². The Kier molecular flexibility index (Phi) is 5.11. The second-order valence-electron chi connectivity index (χ2n) is 3.89. The van der Waals surface area contributed by atoms with E-state index in [1.165, 1.54) is 20.4 Å². The van der Waals surface area contributed by atoms with Crippen molar-refractivity contribution in [2.45, 2.75) is 19.4 Å². The number of rotatable bonds is 5. The number of nitrogens with one attached hydrogen (secondary N) is 1. The van der Waals surface area contributed by atoms with Crippen LogP contribution < -0.4 is 10.1 Å². The highest BCUT2D eigenvalue weighted by molar-refractivity contribution is 5.91. The van der Waals surface area contributed by atoms with E-state index in [0.717, 1.165) is 4.90 Å². The first-order valence-electron chi connectivity index (χ1n) is 5.76. The molecule has 2 N–H and O–H groups in total. The Balaban J connectivity index is 2.69. The molecule has 0 bridgehead atoms. The van der Waals surface area contributed by atoms with Gasteiger partial charge in [-0.1, -0.05) is 6.92 Å². The van der Waals surface area contributed by atoms with E-state index in [0.29, 0.717) is 18.0 Å². The summed E-state index contributed by atoms with van der Waals surface area (Å²) >= 11 is 0. The van der Waals surface area contributed by atoms with Gasteiger partial charge in [0.2, 0.25) is 5.88 Å². The van der Waals surface area contributed by atoms with Crippen molar-refractivity contribution in [1.29, 1.82) is 0 Å². The van der Waals surface area contributed by atoms with Crippen molar-refractivity contribution in [2.24, 2.45) is 0 Å². The molecule has 1 rings (SSSR count). The molecule has 0 aromatic carbocycles. The number of likely N-dealkylation sites (N-methyl/N-ethyl adjacent to an activating group) is 1. The average molecular weight is 267 g/mol. The summed E-state index contributed by atoms with van der Waals surface area (Å²) in [5.41, 5.74) is 0.470. The Morgan fingerprint density at radius 1 is 1.53 bits per heavy atom. The molecule has 19 heavy (non-hydrogen) atoms. The lowest BCUT2D eigenvalue weighted by Gasteiger charge is -2.23. The maximum atomic E-state index is 11.9. The van der Waals surface area contributed by atoms with Gasteiger partial charge in [0.25, 0.3) is 0 Å². The summed E-state index contributed by atoms with van der Waals surface area (Å²) in [4.78, 5) is 27.9. The zero-order valence-electron chi connectivity index (χ0n) is 11.1. The first-order chi connectivity index (χ1) is 8.99. The number of carboxylic acids is 1. The third kappa shape index (κ3) is 3.84. The van der Waals surface area contributed by atoms with Crippen LogP contribution in [0.3, 0.4) is 0 Å². The van der Waals surface area contributed by atoms with Gasteiger partial charge in [-0.05, 0) is 12.5 Å². The van der Waals surface area contributed by atoms with Crippen molar-refractivity contribution in [3.8, 4) is 5.88 Å². The van der Waals surface area contributed by atoms with Crippen LogP contribution >= 0.6 is 0 Å². The Hall–Kier alpha value is -2.31. The lowest BCUT2D eigenvalue weighted by Crippen LogP contribution is -2.44. The fourth-order valence-corrected chi connectivity index (χ4v) is 1.54. The third-order valence-corrected chi connectivity index (χ3v) is 2.66. The van der Waals surface area contributed by atoms with Crippen LogP contribution in [0.5, 0.6) is 5.88 Å². The Morgan fingerprint density at radius 2 is 2.21 bits per heavy atom. The Bertz CT molecular complexity index is 447. The summed E-state index contributed by atoms with van der Waals surface area (Å²) < 4.78 is 4.90. The predicted molar refractivity (Wildman–Crippen MR) is 69.3 cm³/mol. The van der Waals surface area contributed by atoms with Crippen LogP contribution in [-0.4, -0.2) is 47.2 Å². The van der Waals surface area contributed by atoms with E-state index < -0.39 is 18.0 Å². The molecule has 7 nitrogen and oxygen atoms in total. The number of aromatic nitrogens is 1. The molecular weight excluding hydrogens is 250 g/mol. The highest BCUT2D eigenvalue weighted by atomic mass is 16.5. The minimum atomic E-state index is -1.03. The van der Waals surface area contributed by atoms with E-state index in [4.69, 9.17) is 9.84 Å². The number of anilines is 1. The van der Waals surface area contributed by atoms with Crippen LogP contribution in [0.15, 0.2) is 18.3 Å². The smallest absolute Gasteiger partial charge is 0.326 e. The number of methoxy groups -OCH3 is 1. The lowest BCUT2D eigenvalue weighted by atomic mass is 10.2. The number of amides is 2. The summed E-state index contributed by atoms with van der Waals surface area (Å²) in [6.07, 6.45) is 1.77. The Morgan fingerprint density at radius 3 is 2.63 bits per heavy atom. The SMILES string of the molecule is CCC(C(=O)O)N(C)C(=O)Nc1ccc(OC)nc1. The number of nitrogens with zero attached hydrogens (tertiary/aromatic N) is 2. The average Bonchev–Trinajstić information content (AvgIpc) is 2.39. The molecule has 1 heterocycles. The Labute approximate surface area is 111 Å². The molecule has 2 amide bonds. The molecule has 0 saturated carbocycles. The highest BCUT2D eigenvalue weighted by Crippen LogP contribution is 2.12. The molecule has 0 radical (unpaired) electrons. The first kappa shape index (κ1) is 14.7. The van der Waals surface area contributed by atoms with E-state index in [9.17, 15) is 9.59 Å². The number of carboxylic acid groups (broad SMARTS) is 1. The molecule has 1 aromatic heterocycles. The molecule has 7 heteroatoms. The first-order valence-corrected chi connectivity index (χ1v) is 5.76. The second-order valence-corrected chi connectivity index (χ2v) is 3.89. The number of pyridine rings is 1. The molecule has 0 aliphatic rings. The summed E-state index contributed by atoms with van der Waals surface area (Å²) in [6.45, 7) is 1.71. The van der Waals surface area contributed by atoms with Gasteiger partial charge in [-0.25, -0.2) is 14.6 Å². The van der Waals surface area contributed by atoms with Gasteiger partial charge in [0.05, 0.1) is 19.0 Å². The monoisotopic (exact) mass is 267 g/mol. The molecule has 0 saturated heterocycles. The molecule has 1 aromatic rings. The zero-order valence-corrected chi connectivity index (χ0v) is 11.1. The minimum Gasteiger partial charge on any atom is -0.481 e. The van der Waals surface area contributed by atoms with Crippen LogP contribution in [0.1, 0.15) is 13.3 Å². The number of urea groups is 1. The summed E-state index contributed by atoms with van der Waals surface area (Å²) in [6, 6.07) is 1.87. The quantitative estimate of drug-likeness (QED) is 0.841. The van der Waals surface area contributed by atoms with E-state index in [1.54, 1.807) is 19.1 Å². The van der Waals surface area contributed by atoms with Crippen LogP contribution in [0.2, 0.25) is 0 Å².